The van der Waals surface area contributed by atoms with Crippen LogP contribution in [0.25, 0.3) is 0 Å². The highest BCUT2D eigenvalue weighted by Gasteiger charge is 2.29. The van der Waals surface area contributed by atoms with Crippen molar-refractivity contribution >= 4 is 34.8 Å². The SMILES string of the molecule is NNC(O)C(Cl)(Cl)Cl. The van der Waals surface area contributed by atoms with Gasteiger partial charge >= 0.3 is 0 Å². The van der Waals surface area contributed by atoms with E-state index in [9.17, 15) is 0 Å². The number of hydrazine groups is 1. The van der Waals surface area contributed by atoms with Crippen LogP contribution in [0.5, 0.6) is 0 Å². The summed E-state index contributed by atoms with van der Waals surface area (Å²) in [6.45, 7) is 0. The predicted octanol–water partition coefficient (Wildman–Crippen LogP) is 0.138. The quantitative estimate of drug-likeness (QED) is 0.232. The summed E-state index contributed by atoms with van der Waals surface area (Å²) in [5.74, 6) is 4.70. The lowest BCUT2D eigenvalue weighted by Gasteiger charge is -2.16. The van der Waals surface area contributed by atoms with Crippen molar-refractivity contribution in [3.8, 4) is 0 Å². The first-order valence-corrected chi connectivity index (χ1v) is 2.83. The molecule has 3 nitrogen and oxygen atoms in total. The van der Waals surface area contributed by atoms with E-state index >= 15 is 0 Å². The van der Waals surface area contributed by atoms with E-state index in [0.717, 1.165) is 0 Å². The Kier molecular flexibility index (Phi) is 3.34. The third kappa shape index (κ3) is 2.91. The van der Waals surface area contributed by atoms with Crippen molar-refractivity contribution in [3.05, 3.63) is 0 Å². The summed E-state index contributed by atoms with van der Waals surface area (Å²) in [7, 11) is 0. The summed E-state index contributed by atoms with van der Waals surface area (Å²) in [6, 6.07) is 0. The standard InChI is InChI=1S/C2H5Cl3N2O/c3-2(4,5)1(8)7-6/h1,7-8H,6H2. The molecule has 4 N–H and O–H groups in total. The van der Waals surface area contributed by atoms with Crippen LogP contribution in [-0.4, -0.2) is 15.1 Å². The Hall–Kier alpha value is 0.750. The van der Waals surface area contributed by atoms with Crippen LogP contribution in [0.4, 0.5) is 0 Å². The van der Waals surface area contributed by atoms with Gasteiger partial charge in [-0.1, -0.05) is 34.8 Å². The van der Waals surface area contributed by atoms with E-state index in [0.29, 0.717) is 0 Å². The van der Waals surface area contributed by atoms with Gasteiger partial charge in [0.2, 0.25) is 3.79 Å². The van der Waals surface area contributed by atoms with Gasteiger partial charge in [-0.25, -0.2) is 5.43 Å². The summed E-state index contributed by atoms with van der Waals surface area (Å²) in [6.07, 6.45) is -1.33. The smallest absolute Gasteiger partial charge is 0.230 e. The number of hydrogen-bond acceptors (Lipinski definition) is 3. The van der Waals surface area contributed by atoms with Crippen LogP contribution in [0, 0.1) is 0 Å². The maximum atomic E-state index is 8.56. The monoisotopic (exact) mass is 178 g/mol. The Morgan fingerprint density at radius 2 is 1.88 bits per heavy atom. The number of halogens is 3. The minimum absolute atomic E-state index is 1.33. The number of aliphatic hydroxyl groups is 1. The molecule has 8 heavy (non-hydrogen) atoms. The van der Waals surface area contributed by atoms with E-state index in [-0.39, 0.29) is 0 Å². The van der Waals surface area contributed by atoms with E-state index in [1.807, 2.05) is 5.43 Å². The van der Waals surface area contributed by atoms with Gasteiger partial charge in [-0.15, -0.1) is 0 Å². The van der Waals surface area contributed by atoms with Crippen LogP contribution in [-0.2, 0) is 0 Å². The van der Waals surface area contributed by atoms with Gasteiger partial charge in [0, 0.05) is 0 Å². The largest absolute Gasteiger partial charge is 0.373 e. The number of aliphatic hydroxyl groups excluding tert-OH is 1. The molecule has 0 saturated heterocycles. The minimum atomic E-state index is -1.76. The van der Waals surface area contributed by atoms with Crippen molar-refractivity contribution < 1.29 is 5.11 Å². The van der Waals surface area contributed by atoms with E-state index in [2.05, 4.69) is 0 Å². The molecule has 0 aromatic rings. The number of hydrogen-bond donors (Lipinski definition) is 3. The van der Waals surface area contributed by atoms with Crippen LogP contribution in [0.2, 0.25) is 0 Å². The molecule has 0 rings (SSSR count). The maximum Gasteiger partial charge on any atom is 0.230 e. The van der Waals surface area contributed by atoms with E-state index < -0.39 is 10.0 Å². The summed E-state index contributed by atoms with van der Waals surface area (Å²) < 4.78 is -1.76. The first-order chi connectivity index (χ1) is 3.48. The summed E-state index contributed by atoms with van der Waals surface area (Å²) in [5.41, 5.74) is 1.86. The molecule has 0 heterocycles. The number of rotatable bonds is 1. The highest BCUT2D eigenvalue weighted by atomic mass is 35.6. The van der Waals surface area contributed by atoms with Crippen molar-refractivity contribution in [3.63, 3.8) is 0 Å². The summed E-state index contributed by atoms with van der Waals surface area (Å²) >= 11 is 15.4. The Labute approximate surface area is 61.7 Å². The van der Waals surface area contributed by atoms with Gasteiger partial charge in [0.1, 0.15) is 0 Å². The Bertz CT molecular complexity index is 72.2. The Balaban J connectivity index is 3.62. The molecule has 0 amide bonds. The summed E-state index contributed by atoms with van der Waals surface area (Å²) in [5, 5.41) is 8.56. The molecule has 0 spiro atoms. The molecule has 6 heteroatoms. The van der Waals surface area contributed by atoms with Gasteiger partial charge in [0.05, 0.1) is 0 Å². The van der Waals surface area contributed by atoms with Crippen LogP contribution in [0.3, 0.4) is 0 Å². The zero-order valence-electron chi connectivity index (χ0n) is 3.74. The van der Waals surface area contributed by atoms with Crippen LogP contribution in [0.15, 0.2) is 0 Å². The lowest BCUT2D eigenvalue weighted by Crippen LogP contribution is -2.44. The second-order valence-electron chi connectivity index (χ2n) is 1.11. The molecular formula is C2H5Cl3N2O. The van der Waals surface area contributed by atoms with Gasteiger partial charge in [-0.2, -0.15) is 0 Å². The minimum Gasteiger partial charge on any atom is -0.373 e. The highest BCUT2D eigenvalue weighted by molar-refractivity contribution is 6.68. The molecular weight excluding hydrogens is 174 g/mol. The van der Waals surface area contributed by atoms with Gasteiger partial charge in [0.15, 0.2) is 6.23 Å². The number of nitrogens with one attached hydrogen (secondary N) is 1. The van der Waals surface area contributed by atoms with Crippen molar-refractivity contribution in [2.75, 3.05) is 0 Å². The molecule has 0 aromatic carbocycles. The average Bonchev–Trinajstić information content (AvgIpc) is 1.62. The first-order valence-electron chi connectivity index (χ1n) is 1.69. The zero-order chi connectivity index (χ0) is 6.78. The van der Waals surface area contributed by atoms with E-state index in [1.54, 1.807) is 0 Å². The fraction of sp³-hybridized carbons (Fsp3) is 1.00. The molecule has 0 aromatic heterocycles. The van der Waals surface area contributed by atoms with Crippen molar-refractivity contribution in [2.24, 2.45) is 5.84 Å². The topological polar surface area (TPSA) is 58.3 Å². The molecule has 0 bridgehead atoms. The second-order valence-corrected chi connectivity index (χ2v) is 3.48. The average molecular weight is 179 g/mol. The molecule has 0 radical (unpaired) electrons. The molecule has 0 aliphatic heterocycles. The molecule has 1 atom stereocenters. The molecule has 0 fully saturated rings. The van der Waals surface area contributed by atoms with E-state index in [1.165, 1.54) is 0 Å². The maximum absolute atomic E-state index is 8.56. The Morgan fingerprint density at radius 1 is 1.50 bits per heavy atom. The number of alkyl halides is 3. The van der Waals surface area contributed by atoms with Crippen molar-refractivity contribution in [1.29, 1.82) is 0 Å². The fourth-order valence-electron chi connectivity index (χ4n) is 0.0945. The third-order valence-corrected chi connectivity index (χ3v) is 1.09. The summed E-state index contributed by atoms with van der Waals surface area (Å²) in [4.78, 5) is 0. The van der Waals surface area contributed by atoms with Crippen LogP contribution >= 0.6 is 34.8 Å². The highest BCUT2D eigenvalue weighted by Crippen LogP contribution is 2.28. The van der Waals surface area contributed by atoms with Gasteiger partial charge in [-0.3, -0.25) is 5.84 Å². The normalized spacial score (nSPS) is 16.1. The van der Waals surface area contributed by atoms with E-state index in [4.69, 9.17) is 45.8 Å². The fourth-order valence-corrected chi connectivity index (χ4v) is 0.283. The Morgan fingerprint density at radius 3 is 1.88 bits per heavy atom. The van der Waals surface area contributed by atoms with Crippen LogP contribution in [0.1, 0.15) is 0 Å². The molecule has 0 aliphatic carbocycles. The predicted molar refractivity (Wildman–Crippen MR) is 33.6 cm³/mol. The molecule has 50 valence electrons. The van der Waals surface area contributed by atoms with Gasteiger partial charge in [-0.05, 0) is 0 Å². The van der Waals surface area contributed by atoms with Gasteiger partial charge in [0.25, 0.3) is 0 Å². The first kappa shape index (κ1) is 8.75. The lowest BCUT2D eigenvalue weighted by molar-refractivity contribution is 0.142. The third-order valence-electron chi connectivity index (χ3n) is 0.468. The zero-order valence-corrected chi connectivity index (χ0v) is 6.00. The van der Waals surface area contributed by atoms with Crippen molar-refractivity contribution in [2.45, 2.75) is 10.0 Å². The van der Waals surface area contributed by atoms with Crippen LogP contribution < -0.4 is 11.3 Å². The number of nitrogens with two attached hydrogens (primary N) is 1. The van der Waals surface area contributed by atoms with Gasteiger partial charge < -0.3 is 5.11 Å². The molecule has 0 aliphatic rings. The molecule has 0 saturated carbocycles. The van der Waals surface area contributed by atoms with Crippen molar-refractivity contribution in [1.82, 2.24) is 5.43 Å². The molecule has 1 unspecified atom stereocenters. The lowest BCUT2D eigenvalue weighted by atomic mass is 10.7. The second kappa shape index (κ2) is 3.06.